The number of hydrogen-bond acceptors (Lipinski definition) is 4. The fraction of sp³-hybridized carbons (Fsp3) is 0.846. The highest BCUT2D eigenvalue weighted by Crippen LogP contribution is 2.24. The number of hydrogen-bond donors (Lipinski definition) is 1. The molecule has 3 amide bonds. The second-order valence-electron chi connectivity index (χ2n) is 5.68. The van der Waals surface area contributed by atoms with Crippen LogP contribution >= 0.6 is 0 Å². The summed E-state index contributed by atoms with van der Waals surface area (Å²) in [5, 5.41) is 2.42. The Labute approximate surface area is 114 Å². The normalized spacial score (nSPS) is 29.9. The molecule has 2 rings (SSSR count). The maximum absolute atomic E-state index is 11.9. The van der Waals surface area contributed by atoms with Crippen molar-refractivity contribution >= 4 is 11.9 Å². The first-order valence-corrected chi connectivity index (χ1v) is 7.01. The van der Waals surface area contributed by atoms with Crippen LogP contribution in [0.4, 0.5) is 4.79 Å². The van der Waals surface area contributed by atoms with E-state index in [1.807, 2.05) is 13.8 Å². The van der Waals surface area contributed by atoms with E-state index in [9.17, 15) is 9.59 Å². The van der Waals surface area contributed by atoms with Crippen LogP contribution in [0.3, 0.4) is 0 Å². The second-order valence-corrected chi connectivity index (χ2v) is 5.68. The van der Waals surface area contributed by atoms with Gasteiger partial charge in [-0.25, -0.2) is 4.79 Å². The molecule has 0 bridgehead atoms. The van der Waals surface area contributed by atoms with Crippen molar-refractivity contribution < 1.29 is 9.59 Å². The quantitative estimate of drug-likeness (QED) is 0.727. The molecule has 0 aromatic carbocycles. The maximum Gasteiger partial charge on any atom is 0.325 e. The zero-order valence-electron chi connectivity index (χ0n) is 12.1. The third-order valence-corrected chi connectivity index (χ3v) is 4.47. The molecular weight excluding hydrogens is 244 g/mol. The van der Waals surface area contributed by atoms with E-state index >= 15 is 0 Å². The highest BCUT2D eigenvalue weighted by atomic mass is 16.2. The number of carbonyl (C=O) groups is 2. The van der Waals surface area contributed by atoms with E-state index in [4.69, 9.17) is 0 Å². The zero-order valence-corrected chi connectivity index (χ0v) is 12.1. The lowest BCUT2D eigenvalue weighted by molar-refractivity contribution is -0.126. The lowest BCUT2D eigenvalue weighted by Crippen LogP contribution is -2.51. The van der Waals surface area contributed by atoms with E-state index < -0.39 is 5.54 Å². The SMILES string of the molecule is CCC1(C)C(=O)NC(=O)N1CCN1CCN(C)CC1. The Kier molecular flexibility index (Phi) is 4.10. The molecule has 2 aliphatic heterocycles. The second kappa shape index (κ2) is 5.46. The van der Waals surface area contributed by atoms with Gasteiger partial charge in [0.1, 0.15) is 5.54 Å². The Morgan fingerprint density at radius 3 is 2.37 bits per heavy atom. The Hall–Kier alpha value is -1.14. The summed E-state index contributed by atoms with van der Waals surface area (Å²) in [6, 6.07) is -0.247. The minimum Gasteiger partial charge on any atom is -0.309 e. The first-order valence-electron chi connectivity index (χ1n) is 7.01. The van der Waals surface area contributed by atoms with E-state index in [2.05, 4.69) is 22.2 Å². The van der Waals surface area contributed by atoms with Crippen LogP contribution in [0.15, 0.2) is 0 Å². The molecule has 2 fully saturated rings. The number of carbonyl (C=O) groups excluding carboxylic acids is 2. The van der Waals surface area contributed by atoms with Crippen LogP contribution in [0, 0.1) is 0 Å². The fourth-order valence-corrected chi connectivity index (χ4v) is 2.66. The first-order chi connectivity index (χ1) is 8.97. The lowest BCUT2D eigenvalue weighted by atomic mass is 9.97. The van der Waals surface area contributed by atoms with Gasteiger partial charge in [0.05, 0.1) is 0 Å². The topological polar surface area (TPSA) is 55.9 Å². The van der Waals surface area contributed by atoms with E-state index in [0.29, 0.717) is 13.0 Å². The van der Waals surface area contributed by atoms with Crippen molar-refractivity contribution in [1.82, 2.24) is 20.0 Å². The van der Waals surface area contributed by atoms with Crippen LogP contribution in [0.5, 0.6) is 0 Å². The Bertz CT molecular complexity index is 366. The Morgan fingerprint density at radius 2 is 1.79 bits per heavy atom. The molecule has 1 unspecified atom stereocenters. The Morgan fingerprint density at radius 1 is 1.16 bits per heavy atom. The van der Waals surface area contributed by atoms with Crippen molar-refractivity contribution in [2.75, 3.05) is 46.3 Å². The van der Waals surface area contributed by atoms with Gasteiger partial charge in [0.15, 0.2) is 0 Å². The number of piperazine rings is 1. The Balaban J connectivity index is 1.91. The summed E-state index contributed by atoms with van der Waals surface area (Å²) in [4.78, 5) is 30.0. The molecule has 6 nitrogen and oxygen atoms in total. The van der Waals surface area contributed by atoms with Crippen LogP contribution < -0.4 is 5.32 Å². The average molecular weight is 268 g/mol. The van der Waals surface area contributed by atoms with Crippen LogP contribution in [0.1, 0.15) is 20.3 Å². The van der Waals surface area contributed by atoms with E-state index in [-0.39, 0.29) is 11.9 Å². The summed E-state index contributed by atoms with van der Waals surface area (Å²) in [5.41, 5.74) is -0.677. The largest absolute Gasteiger partial charge is 0.325 e. The number of nitrogens with zero attached hydrogens (tertiary/aromatic N) is 3. The third-order valence-electron chi connectivity index (χ3n) is 4.47. The smallest absolute Gasteiger partial charge is 0.309 e. The molecule has 0 aromatic rings. The van der Waals surface area contributed by atoms with Crippen molar-refractivity contribution in [2.45, 2.75) is 25.8 Å². The molecule has 2 heterocycles. The number of nitrogens with one attached hydrogen (secondary N) is 1. The highest BCUT2D eigenvalue weighted by molar-refractivity contribution is 6.06. The van der Waals surface area contributed by atoms with Crippen molar-refractivity contribution in [1.29, 1.82) is 0 Å². The van der Waals surface area contributed by atoms with Gasteiger partial charge in [-0.1, -0.05) is 6.92 Å². The summed E-state index contributed by atoms with van der Waals surface area (Å²) in [6.45, 7) is 9.44. The summed E-state index contributed by atoms with van der Waals surface area (Å²) < 4.78 is 0. The van der Waals surface area contributed by atoms with Crippen LogP contribution in [-0.4, -0.2) is 78.5 Å². The van der Waals surface area contributed by atoms with Crippen LogP contribution in [0.2, 0.25) is 0 Å². The van der Waals surface area contributed by atoms with Gasteiger partial charge in [-0.05, 0) is 20.4 Å². The molecule has 2 saturated heterocycles. The predicted molar refractivity (Wildman–Crippen MR) is 72.9 cm³/mol. The van der Waals surface area contributed by atoms with Gasteiger partial charge in [-0.3, -0.25) is 15.0 Å². The van der Waals surface area contributed by atoms with E-state index in [1.54, 1.807) is 4.90 Å². The maximum atomic E-state index is 11.9. The molecule has 0 aromatic heterocycles. The van der Waals surface area contributed by atoms with Gasteiger partial charge in [0.2, 0.25) is 0 Å². The van der Waals surface area contributed by atoms with Crippen LogP contribution in [-0.2, 0) is 4.79 Å². The van der Waals surface area contributed by atoms with Gasteiger partial charge in [-0.2, -0.15) is 0 Å². The third kappa shape index (κ3) is 2.74. The molecule has 19 heavy (non-hydrogen) atoms. The monoisotopic (exact) mass is 268 g/mol. The van der Waals surface area contributed by atoms with Crippen molar-refractivity contribution in [3.8, 4) is 0 Å². The molecule has 0 radical (unpaired) electrons. The standard InChI is InChI=1S/C13H24N4O2/c1-4-13(2)11(18)14-12(19)17(13)10-9-16-7-5-15(3)6-8-16/h4-10H2,1-3H3,(H,14,18,19). The predicted octanol–water partition coefficient (Wildman–Crippen LogP) is -0.0457. The van der Waals surface area contributed by atoms with Crippen LogP contribution in [0.25, 0.3) is 0 Å². The number of likely N-dealkylation sites (N-methyl/N-ethyl adjacent to an activating group) is 1. The van der Waals surface area contributed by atoms with Gasteiger partial charge in [-0.15, -0.1) is 0 Å². The van der Waals surface area contributed by atoms with Gasteiger partial charge in [0, 0.05) is 39.3 Å². The summed E-state index contributed by atoms with van der Waals surface area (Å²) in [5.74, 6) is -0.168. The molecule has 2 aliphatic rings. The molecular formula is C13H24N4O2. The average Bonchev–Trinajstić information content (AvgIpc) is 2.61. The van der Waals surface area contributed by atoms with E-state index in [1.165, 1.54) is 0 Å². The number of imide groups is 1. The zero-order chi connectivity index (χ0) is 14.0. The molecule has 0 saturated carbocycles. The number of urea groups is 1. The van der Waals surface area contributed by atoms with E-state index in [0.717, 1.165) is 32.7 Å². The summed E-state index contributed by atoms with van der Waals surface area (Å²) in [6.07, 6.45) is 0.646. The number of amides is 3. The summed E-state index contributed by atoms with van der Waals surface area (Å²) in [7, 11) is 2.12. The van der Waals surface area contributed by atoms with Crippen molar-refractivity contribution in [3.63, 3.8) is 0 Å². The lowest BCUT2D eigenvalue weighted by Gasteiger charge is -2.36. The fourth-order valence-electron chi connectivity index (χ4n) is 2.66. The highest BCUT2D eigenvalue weighted by Gasteiger charge is 2.47. The minimum absolute atomic E-state index is 0.168. The molecule has 6 heteroatoms. The van der Waals surface area contributed by atoms with Crippen molar-refractivity contribution in [2.24, 2.45) is 0 Å². The van der Waals surface area contributed by atoms with Crippen molar-refractivity contribution in [3.05, 3.63) is 0 Å². The molecule has 0 aliphatic carbocycles. The van der Waals surface area contributed by atoms with Gasteiger partial charge < -0.3 is 9.80 Å². The molecule has 1 N–H and O–H groups in total. The number of rotatable bonds is 4. The first kappa shape index (κ1) is 14.3. The molecule has 108 valence electrons. The summed E-state index contributed by atoms with van der Waals surface area (Å²) >= 11 is 0. The molecule has 1 atom stereocenters. The molecule has 0 spiro atoms. The minimum atomic E-state index is -0.677. The van der Waals surface area contributed by atoms with Gasteiger partial charge >= 0.3 is 6.03 Å². The van der Waals surface area contributed by atoms with Gasteiger partial charge in [0.25, 0.3) is 5.91 Å².